The highest BCUT2D eigenvalue weighted by molar-refractivity contribution is 6.17. The first-order valence-corrected chi connectivity index (χ1v) is 3.50. The fraction of sp³-hybridized carbons (Fsp3) is 0.333. The lowest BCUT2D eigenvalue weighted by Crippen LogP contribution is -2.04. The van der Waals surface area contributed by atoms with E-state index >= 15 is 0 Å². The molecule has 13 heavy (non-hydrogen) atoms. The molecule has 0 aromatic carbocycles. The summed E-state index contributed by atoms with van der Waals surface area (Å²) in [7, 11) is 2.43. The van der Waals surface area contributed by atoms with Crippen molar-refractivity contribution in [3.63, 3.8) is 0 Å². The van der Waals surface area contributed by atoms with Gasteiger partial charge >= 0.3 is 13.7 Å². The van der Waals surface area contributed by atoms with Crippen molar-refractivity contribution in [2.75, 3.05) is 14.2 Å². The maximum Gasteiger partial charge on any atom is 0.504 e. The van der Waals surface area contributed by atoms with Crippen molar-refractivity contribution in [1.82, 2.24) is 9.97 Å². The van der Waals surface area contributed by atoms with Crippen LogP contribution < -0.4 is 14.1 Å². The number of hydrogen-bond acceptors (Lipinski definition) is 6. The lowest BCUT2D eigenvalue weighted by molar-refractivity contribution is 0.335. The molecule has 0 saturated carbocycles. The van der Waals surface area contributed by atoms with E-state index in [4.69, 9.17) is 19.2 Å². The van der Waals surface area contributed by atoms with Crippen LogP contribution in [-0.2, 0) is 0 Å². The van der Waals surface area contributed by atoms with E-state index in [-0.39, 0.29) is 17.6 Å². The van der Waals surface area contributed by atoms with Crippen molar-refractivity contribution in [2.45, 2.75) is 0 Å². The van der Waals surface area contributed by atoms with Gasteiger partial charge in [0.25, 0.3) is 5.88 Å². The van der Waals surface area contributed by atoms with Gasteiger partial charge in [0.15, 0.2) is 5.75 Å². The lowest BCUT2D eigenvalue weighted by atomic mass is 10.4. The standard InChI is InChI=1S/C6H9BN2O4/c1-11-5-4(13-7-10)3-8-6(9-5)12-2/h3,7,10H,1-2H3. The molecule has 1 N–H and O–H groups in total. The fourth-order valence-corrected chi connectivity index (χ4v) is 0.753. The van der Waals surface area contributed by atoms with E-state index in [2.05, 4.69) is 9.97 Å². The Morgan fingerprint density at radius 3 is 2.69 bits per heavy atom. The molecule has 70 valence electrons. The third-order valence-electron chi connectivity index (χ3n) is 1.30. The van der Waals surface area contributed by atoms with E-state index in [0.717, 1.165) is 0 Å². The summed E-state index contributed by atoms with van der Waals surface area (Å²) in [5.41, 5.74) is 0. The van der Waals surface area contributed by atoms with Crippen LogP contribution in [0.1, 0.15) is 0 Å². The fourth-order valence-electron chi connectivity index (χ4n) is 0.753. The Labute approximate surface area is 75.8 Å². The number of nitrogens with zero attached hydrogens (tertiary/aromatic N) is 2. The largest absolute Gasteiger partial charge is 0.534 e. The number of ether oxygens (including phenoxy) is 2. The molecular formula is C6H9BN2O4. The molecule has 1 aromatic heterocycles. The second kappa shape index (κ2) is 4.51. The monoisotopic (exact) mass is 184 g/mol. The summed E-state index contributed by atoms with van der Waals surface area (Å²) >= 11 is 0. The third-order valence-corrected chi connectivity index (χ3v) is 1.30. The molecule has 0 radical (unpaired) electrons. The molecule has 1 heterocycles. The van der Waals surface area contributed by atoms with Gasteiger partial charge in [-0.1, -0.05) is 0 Å². The number of rotatable bonds is 4. The van der Waals surface area contributed by atoms with E-state index in [0.29, 0.717) is 0 Å². The summed E-state index contributed by atoms with van der Waals surface area (Å²) < 4.78 is 14.4. The number of hydrogen-bond donors (Lipinski definition) is 1. The van der Waals surface area contributed by atoms with Gasteiger partial charge in [-0.05, 0) is 0 Å². The first-order valence-electron chi connectivity index (χ1n) is 3.50. The smallest absolute Gasteiger partial charge is 0.504 e. The maximum atomic E-state index is 8.50. The van der Waals surface area contributed by atoms with E-state index in [1.54, 1.807) is 0 Å². The van der Waals surface area contributed by atoms with E-state index in [9.17, 15) is 0 Å². The highest BCUT2D eigenvalue weighted by Crippen LogP contribution is 2.24. The Kier molecular flexibility index (Phi) is 3.33. The average Bonchev–Trinajstić information content (AvgIpc) is 2.19. The minimum absolute atomic E-state index is 0.183. The van der Waals surface area contributed by atoms with E-state index < -0.39 is 7.69 Å². The van der Waals surface area contributed by atoms with Crippen molar-refractivity contribution in [2.24, 2.45) is 0 Å². The molecule has 0 bridgehead atoms. The summed E-state index contributed by atoms with van der Waals surface area (Å²) in [6, 6.07) is 0.183. The van der Waals surface area contributed by atoms with Gasteiger partial charge in [-0.25, -0.2) is 0 Å². The molecule has 7 heteroatoms. The first kappa shape index (κ1) is 9.59. The minimum Gasteiger partial charge on any atom is -0.534 e. The summed E-state index contributed by atoms with van der Waals surface area (Å²) in [5.74, 6) is 0.492. The van der Waals surface area contributed by atoms with Crippen LogP contribution in [0.4, 0.5) is 0 Å². The van der Waals surface area contributed by atoms with Crippen LogP contribution in [0, 0.1) is 0 Å². The zero-order chi connectivity index (χ0) is 9.68. The second-order valence-corrected chi connectivity index (χ2v) is 2.00. The summed E-state index contributed by atoms with van der Waals surface area (Å²) in [5, 5.41) is 8.50. The zero-order valence-electron chi connectivity index (χ0n) is 7.35. The van der Waals surface area contributed by atoms with Crippen LogP contribution in [0.2, 0.25) is 0 Å². The molecule has 6 nitrogen and oxygen atoms in total. The average molecular weight is 184 g/mol. The van der Waals surface area contributed by atoms with Crippen molar-refractivity contribution in [3.05, 3.63) is 6.20 Å². The Bertz CT molecular complexity index is 283. The van der Waals surface area contributed by atoms with E-state index in [1.807, 2.05) is 0 Å². The minimum atomic E-state index is -0.452. The van der Waals surface area contributed by atoms with Crippen LogP contribution >= 0.6 is 0 Å². The van der Waals surface area contributed by atoms with Crippen molar-refractivity contribution in [1.29, 1.82) is 0 Å². The molecule has 0 unspecified atom stereocenters. The van der Waals surface area contributed by atoms with Crippen LogP contribution in [0.25, 0.3) is 0 Å². The van der Waals surface area contributed by atoms with Crippen LogP contribution in [-0.4, -0.2) is 36.9 Å². The van der Waals surface area contributed by atoms with Gasteiger partial charge in [-0.3, -0.25) is 0 Å². The molecule has 0 amide bonds. The quantitative estimate of drug-likeness (QED) is 0.613. The predicted molar refractivity (Wildman–Crippen MR) is 45.1 cm³/mol. The molecule has 0 aliphatic heterocycles. The van der Waals surface area contributed by atoms with Crippen LogP contribution in [0.5, 0.6) is 17.6 Å². The molecule has 0 aliphatic carbocycles. The normalized spacial score (nSPS) is 9.15. The molecule has 1 aromatic rings. The number of aromatic nitrogens is 2. The molecule has 0 saturated heterocycles. The van der Waals surface area contributed by atoms with Crippen LogP contribution in [0.15, 0.2) is 6.20 Å². The van der Waals surface area contributed by atoms with Crippen LogP contribution in [0.3, 0.4) is 0 Å². The van der Waals surface area contributed by atoms with Gasteiger partial charge in [-0.2, -0.15) is 9.97 Å². The Balaban J connectivity index is 2.93. The molecule has 0 aliphatic rings. The second-order valence-electron chi connectivity index (χ2n) is 2.00. The molecule has 1 rings (SSSR count). The zero-order valence-corrected chi connectivity index (χ0v) is 7.35. The molecular weight excluding hydrogens is 175 g/mol. The molecule has 0 fully saturated rings. The number of methoxy groups -OCH3 is 2. The maximum absolute atomic E-state index is 8.50. The Morgan fingerprint density at radius 1 is 1.38 bits per heavy atom. The SMILES string of the molecule is COc1ncc(OBO)c(OC)n1. The third kappa shape index (κ3) is 2.22. The summed E-state index contributed by atoms with van der Waals surface area (Å²) in [4.78, 5) is 7.61. The Morgan fingerprint density at radius 2 is 2.15 bits per heavy atom. The first-order chi connectivity index (χ1) is 6.31. The Hall–Kier alpha value is -1.50. The van der Waals surface area contributed by atoms with Gasteiger partial charge in [0.05, 0.1) is 20.4 Å². The van der Waals surface area contributed by atoms with Gasteiger partial charge in [0.2, 0.25) is 0 Å². The highest BCUT2D eigenvalue weighted by Gasteiger charge is 2.08. The van der Waals surface area contributed by atoms with Crippen molar-refractivity contribution in [3.8, 4) is 17.6 Å². The highest BCUT2D eigenvalue weighted by atomic mass is 16.5. The molecule has 0 atom stereocenters. The summed E-state index contributed by atoms with van der Waals surface area (Å²) in [6.07, 6.45) is 1.36. The van der Waals surface area contributed by atoms with Gasteiger partial charge < -0.3 is 19.2 Å². The van der Waals surface area contributed by atoms with Crippen molar-refractivity contribution < 1.29 is 19.2 Å². The lowest BCUT2D eigenvalue weighted by Gasteiger charge is -2.07. The van der Waals surface area contributed by atoms with Gasteiger partial charge in [-0.15, -0.1) is 0 Å². The van der Waals surface area contributed by atoms with E-state index in [1.165, 1.54) is 20.4 Å². The van der Waals surface area contributed by atoms with Gasteiger partial charge in [0.1, 0.15) is 0 Å². The van der Waals surface area contributed by atoms with Crippen molar-refractivity contribution >= 4 is 7.69 Å². The molecule has 0 spiro atoms. The topological polar surface area (TPSA) is 73.7 Å². The summed E-state index contributed by atoms with van der Waals surface area (Å²) in [6.45, 7) is 0. The van der Waals surface area contributed by atoms with Gasteiger partial charge in [0, 0.05) is 0 Å². The predicted octanol–water partition coefficient (Wildman–Crippen LogP) is -0.869.